The first kappa shape index (κ1) is 15.2. The van der Waals surface area contributed by atoms with E-state index in [1.54, 1.807) is 0 Å². The van der Waals surface area contributed by atoms with Crippen LogP contribution in [-0.4, -0.2) is 98.6 Å². The van der Waals surface area contributed by atoms with Crippen LogP contribution in [0.5, 0.6) is 0 Å². The Morgan fingerprint density at radius 1 is 0.737 bits per heavy atom. The van der Waals surface area contributed by atoms with Crippen LogP contribution in [0.4, 0.5) is 0 Å². The number of hydrogen-bond acceptors (Lipinski definition) is 4. The maximum atomic E-state index is 2.64. The average molecular weight is 268 g/mol. The molecule has 0 amide bonds. The number of nitrogens with zero attached hydrogens (tertiary/aromatic N) is 4. The summed E-state index contributed by atoms with van der Waals surface area (Å²) >= 11 is 0. The third-order valence-corrected chi connectivity index (χ3v) is 4.76. The molecule has 2 aliphatic heterocycles. The number of rotatable bonds is 1. The molecular weight excluding hydrogens is 236 g/mol. The number of piperazine rings is 2. The van der Waals surface area contributed by atoms with Gasteiger partial charge in [-0.1, -0.05) is 0 Å². The largest absolute Gasteiger partial charge is 0.304 e. The Kier molecular flexibility index (Phi) is 5.63. The number of likely N-dealkylation sites (N-methyl/N-ethyl adjacent to an activating group) is 3. The Morgan fingerprint density at radius 2 is 1.32 bits per heavy atom. The Hall–Kier alpha value is -0.160. The predicted octanol–water partition coefficient (Wildman–Crippen LogP) is 0.648. The zero-order chi connectivity index (χ0) is 13.8. The van der Waals surface area contributed by atoms with E-state index in [9.17, 15) is 0 Å². The van der Waals surface area contributed by atoms with E-state index >= 15 is 0 Å². The summed E-state index contributed by atoms with van der Waals surface area (Å²) in [5.74, 6) is 0. The van der Waals surface area contributed by atoms with Gasteiger partial charge in [0.05, 0.1) is 0 Å². The minimum atomic E-state index is 0.740. The lowest BCUT2D eigenvalue weighted by atomic mass is 10.2. The summed E-state index contributed by atoms with van der Waals surface area (Å²) < 4.78 is 0. The van der Waals surface area contributed by atoms with Crippen molar-refractivity contribution in [2.24, 2.45) is 0 Å². The Labute approximate surface area is 119 Å². The lowest BCUT2D eigenvalue weighted by molar-refractivity contribution is 0.125. The second-order valence-electron chi connectivity index (χ2n) is 6.66. The molecule has 0 aromatic rings. The molecule has 4 heteroatoms. The molecule has 0 spiro atoms. The molecular formula is C15H32N4. The summed E-state index contributed by atoms with van der Waals surface area (Å²) in [6, 6.07) is 1.72. The van der Waals surface area contributed by atoms with Gasteiger partial charge in [-0.15, -0.1) is 0 Å². The predicted molar refractivity (Wildman–Crippen MR) is 81.7 cm³/mol. The summed E-state index contributed by atoms with van der Waals surface area (Å²) in [7, 11) is 6.59. The summed E-state index contributed by atoms with van der Waals surface area (Å²) in [4.78, 5) is 9.84. The molecule has 0 bridgehead atoms. The molecule has 1 aliphatic carbocycles. The molecule has 2 heterocycles. The highest BCUT2D eigenvalue weighted by atomic mass is 15.3. The van der Waals surface area contributed by atoms with Crippen LogP contribution in [0.15, 0.2) is 0 Å². The van der Waals surface area contributed by atoms with Crippen LogP contribution in [0.1, 0.15) is 19.8 Å². The fourth-order valence-electron chi connectivity index (χ4n) is 2.86. The minimum absolute atomic E-state index is 0.740. The molecule has 2 saturated heterocycles. The monoisotopic (exact) mass is 268 g/mol. The smallest absolute Gasteiger partial charge is 0.0192 e. The first-order chi connectivity index (χ1) is 9.06. The molecule has 3 fully saturated rings. The molecule has 0 aromatic heterocycles. The molecule has 1 unspecified atom stereocenters. The van der Waals surface area contributed by atoms with E-state index in [4.69, 9.17) is 0 Å². The quantitative estimate of drug-likeness (QED) is 0.692. The van der Waals surface area contributed by atoms with E-state index in [0.717, 1.165) is 12.1 Å². The van der Waals surface area contributed by atoms with Crippen molar-refractivity contribution in [3.05, 3.63) is 0 Å². The maximum absolute atomic E-state index is 2.64. The Bertz CT molecular complexity index is 259. The normalized spacial score (nSPS) is 31.9. The van der Waals surface area contributed by atoms with E-state index in [0.29, 0.717) is 0 Å². The van der Waals surface area contributed by atoms with Gasteiger partial charge in [0.1, 0.15) is 0 Å². The van der Waals surface area contributed by atoms with Crippen molar-refractivity contribution in [3.8, 4) is 0 Å². The third-order valence-electron chi connectivity index (χ3n) is 4.76. The van der Waals surface area contributed by atoms with Crippen molar-refractivity contribution in [1.29, 1.82) is 0 Å². The molecule has 3 aliphatic rings. The summed E-state index contributed by atoms with van der Waals surface area (Å²) in [6.45, 7) is 11.1. The summed E-state index contributed by atoms with van der Waals surface area (Å²) in [5.41, 5.74) is 0. The zero-order valence-corrected chi connectivity index (χ0v) is 13.3. The van der Waals surface area contributed by atoms with Crippen LogP contribution in [0.3, 0.4) is 0 Å². The van der Waals surface area contributed by atoms with Gasteiger partial charge in [-0.3, -0.25) is 4.90 Å². The molecule has 1 saturated carbocycles. The van der Waals surface area contributed by atoms with E-state index in [1.165, 1.54) is 58.7 Å². The average Bonchev–Trinajstić information content (AvgIpc) is 3.20. The Morgan fingerprint density at radius 3 is 1.79 bits per heavy atom. The Balaban J connectivity index is 0.000000141. The van der Waals surface area contributed by atoms with Crippen LogP contribution in [-0.2, 0) is 0 Å². The summed E-state index contributed by atoms with van der Waals surface area (Å²) in [5, 5.41) is 0. The van der Waals surface area contributed by atoms with E-state index in [2.05, 4.69) is 47.7 Å². The van der Waals surface area contributed by atoms with Gasteiger partial charge in [-0.05, 0) is 40.9 Å². The fourth-order valence-corrected chi connectivity index (χ4v) is 2.86. The van der Waals surface area contributed by atoms with Gasteiger partial charge in [0, 0.05) is 57.9 Å². The van der Waals surface area contributed by atoms with Crippen LogP contribution < -0.4 is 0 Å². The number of hydrogen-bond donors (Lipinski definition) is 0. The fraction of sp³-hybridized carbons (Fsp3) is 1.00. The van der Waals surface area contributed by atoms with Crippen molar-refractivity contribution in [3.63, 3.8) is 0 Å². The highest BCUT2D eigenvalue weighted by Crippen LogP contribution is 2.27. The molecule has 4 nitrogen and oxygen atoms in total. The van der Waals surface area contributed by atoms with Crippen molar-refractivity contribution < 1.29 is 0 Å². The van der Waals surface area contributed by atoms with Gasteiger partial charge in [-0.2, -0.15) is 0 Å². The van der Waals surface area contributed by atoms with Crippen LogP contribution in [0.2, 0.25) is 0 Å². The second kappa shape index (κ2) is 7.02. The summed E-state index contributed by atoms with van der Waals surface area (Å²) in [6.07, 6.45) is 2.92. The first-order valence-corrected chi connectivity index (χ1v) is 7.87. The van der Waals surface area contributed by atoms with Gasteiger partial charge in [-0.25, -0.2) is 0 Å². The van der Waals surface area contributed by atoms with Crippen molar-refractivity contribution in [2.75, 3.05) is 67.0 Å². The second-order valence-corrected chi connectivity index (χ2v) is 6.66. The molecule has 1 atom stereocenters. The molecule has 112 valence electrons. The zero-order valence-electron chi connectivity index (χ0n) is 13.3. The van der Waals surface area contributed by atoms with Gasteiger partial charge in [0.2, 0.25) is 0 Å². The lowest BCUT2D eigenvalue weighted by Crippen LogP contribution is -2.48. The van der Waals surface area contributed by atoms with E-state index in [1.807, 2.05) is 0 Å². The standard InChI is InChI=1S/C8H16N2.C7H16N2/c1-9-4-6-10(7-5-9)8-2-3-8;1-7-6-8(2)4-5-9(7)3/h8H,2-7H2,1H3;7H,4-6H2,1-3H3. The van der Waals surface area contributed by atoms with Gasteiger partial charge in [0.25, 0.3) is 0 Å². The third kappa shape index (κ3) is 5.03. The SMILES string of the molecule is CC1CN(C)CCN1C.CN1CCN(C2CC2)CC1. The van der Waals surface area contributed by atoms with Crippen LogP contribution >= 0.6 is 0 Å². The molecule has 19 heavy (non-hydrogen) atoms. The minimum Gasteiger partial charge on any atom is -0.304 e. The maximum Gasteiger partial charge on any atom is 0.0192 e. The van der Waals surface area contributed by atoms with Gasteiger partial charge >= 0.3 is 0 Å². The topological polar surface area (TPSA) is 13.0 Å². The van der Waals surface area contributed by atoms with Gasteiger partial charge in [0.15, 0.2) is 0 Å². The van der Waals surface area contributed by atoms with E-state index < -0.39 is 0 Å². The van der Waals surface area contributed by atoms with Crippen molar-refractivity contribution in [1.82, 2.24) is 19.6 Å². The lowest BCUT2D eigenvalue weighted by Gasteiger charge is -2.35. The highest BCUT2D eigenvalue weighted by Gasteiger charge is 2.30. The van der Waals surface area contributed by atoms with Crippen molar-refractivity contribution >= 4 is 0 Å². The van der Waals surface area contributed by atoms with Crippen LogP contribution in [0.25, 0.3) is 0 Å². The first-order valence-electron chi connectivity index (χ1n) is 7.87. The van der Waals surface area contributed by atoms with Crippen molar-refractivity contribution in [2.45, 2.75) is 31.8 Å². The molecule has 0 aromatic carbocycles. The molecule has 0 N–H and O–H groups in total. The highest BCUT2D eigenvalue weighted by molar-refractivity contribution is 4.86. The van der Waals surface area contributed by atoms with Gasteiger partial charge < -0.3 is 14.7 Å². The van der Waals surface area contributed by atoms with E-state index in [-0.39, 0.29) is 0 Å². The van der Waals surface area contributed by atoms with Crippen LogP contribution in [0, 0.1) is 0 Å². The molecule has 3 rings (SSSR count). The molecule has 0 radical (unpaired) electrons.